The SMILES string of the molecule is NCC1(CN)CCCCC1. The molecule has 2 nitrogen and oxygen atoms in total. The Labute approximate surface area is 63.0 Å². The molecule has 0 amide bonds. The average Bonchev–Trinajstić information content (AvgIpc) is 2.06. The van der Waals surface area contributed by atoms with Gasteiger partial charge in [0.2, 0.25) is 0 Å². The smallest absolute Gasteiger partial charge is 0.000844 e. The van der Waals surface area contributed by atoms with Gasteiger partial charge in [-0.05, 0) is 31.3 Å². The van der Waals surface area contributed by atoms with Crippen molar-refractivity contribution >= 4 is 0 Å². The van der Waals surface area contributed by atoms with Gasteiger partial charge in [0.25, 0.3) is 0 Å². The van der Waals surface area contributed by atoms with E-state index in [1.807, 2.05) is 0 Å². The first-order valence-corrected chi connectivity index (χ1v) is 4.23. The van der Waals surface area contributed by atoms with Crippen molar-refractivity contribution in [1.29, 1.82) is 0 Å². The lowest BCUT2D eigenvalue weighted by Gasteiger charge is -2.34. The topological polar surface area (TPSA) is 52.0 Å². The van der Waals surface area contributed by atoms with Crippen LogP contribution >= 0.6 is 0 Å². The predicted molar refractivity (Wildman–Crippen MR) is 43.6 cm³/mol. The quantitative estimate of drug-likeness (QED) is 0.600. The first-order chi connectivity index (χ1) is 4.83. The lowest BCUT2D eigenvalue weighted by atomic mass is 9.74. The van der Waals surface area contributed by atoms with Gasteiger partial charge in [-0.25, -0.2) is 0 Å². The molecule has 1 fully saturated rings. The molecule has 0 aromatic heterocycles. The van der Waals surface area contributed by atoms with Gasteiger partial charge in [-0.1, -0.05) is 19.3 Å². The number of hydrogen-bond donors (Lipinski definition) is 2. The zero-order chi connectivity index (χ0) is 7.45. The molecule has 0 bridgehead atoms. The van der Waals surface area contributed by atoms with Crippen LogP contribution in [-0.4, -0.2) is 13.1 Å². The van der Waals surface area contributed by atoms with E-state index in [9.17, 15) is 0 Å². The highest BCUT2D eigenvalue weighted by atomic mass is 14.7. The first kappa shape index (κ1) is 8.02. The van der Waals surface area contributed by atoms with Crippen molar-refractivity contribution in [2.45, 2.75) is 32.1 Å². The minimum absolute atomic E-state index is 0.318. The van der Waals surface area contributed by atoms with Gasteiger partial charge < -0.3 is 11.5 Å². The van der Waals surface area contributed by atoms with Crippen LogP contribution in [0, 0.1) is 5.41 Å². The van der Waals surface area contributed by atoms with E-state index in [2.05, 4.69) is 0 Å². The van der Waals surface area contributed by atoms with Crippen molar-refractivity contribution in [1.82, 2.24) is 0 Å². The molecule has 0 heterocycles. The zero-order valence-electron chi connectivity index (χ0n) is 6.60. The highest BCUT2D eigenvalue weighted by molar-refractivity contribution is 4.84. The third-order valence-corrected chi connectivity index (χ3v) is 2.78. The normalized spacial score (nSPS) is 24.6. The molecular formula is C8H18N2. The third kappa shape index (κ3) is 1.50. The molecule has 0 aromatic carbocycles. The van der Waals surface area contributed by atoms with Crippen LogP contribution in [0.5, 0.6) is 0 Å². The highest BCUT2D eigenvalue weighted by Crippen LogP contribution is 2.33. The minimum Gasteiger partial charge on any atom is -0.330 e. The molecule has 4 N–H and O–H groups in total. The summed E-state index contributed by atoms with van der Waals surface area (Å²) in [5.74, 6) is 0. The van der Waals surface area contributed by atoms with E-state index < -0.39 is 0 Å². The van der Waals surface area contributed by atoms with E-state index in [1.54, 1.807) is 0 Å². The Morgan fingerprint density at radius 1 is 0.900 bits per heavy atom. The molecule has 1 aliphatic carbocycles. The van der Waals surface area contributed by atoms with Crippen LogP contribution in [0.2, 0.25) is 0 Å². The van der Waals surface area contributed by atoms with E-state index >= 15 is 0 Å². The summed E-state index contributed by atoms with van der Waals surface area (Å²) in [6.45, 7) is 1.56. The Morgan fingerprint density at radius 3 is 1.70 bits per heavy atom. The molecule has 0 aromatic rings. The fourth-order valence-corrected chi connectivity index (χ4v) is 1.79. The fraction of sp³-hybridized carbons (Fsp3) is 1.00. The largest absolute Gasteiger partial charge is 0.330 e. The number of nitrogens with two attached hydrogens (primary N) is 2. The molecule has 0 aliphatic heterocycles. The van der Waals surface area contributed by atoms with Gasteiger partial charge in [0.15, 0.2) is 0 Å². The summed E-state index contributed by atoms with van der Waals surface area (Å²) in [5, 5.41) is 0. The lowest BCUT2D eigenvalue weighted by molar-refractivity contribution is 0.208. The molecule has 0 saturated heterocycles. The Balaban J connectivity index is 2.44. The molecule has 1 saturated carbocycles. The van der Waals surface area contributed by atoms with Gasteiger partial charge in [-0.15, -0.1) is 0 Å². The molecule has 0 spiro atoms. The van der Waals surface area contributed by atoms with Crippen LogP contribution in [0.15, 0.2) is 0 Å². The van der Waals surface area contributed by atoms with E-state index in [1.165, 1.54) is 32.1 Å². The van der Waals surface area contributed by atoms with Crippen LogP contribution in [-0.2, 0) is 0 Å². The molecule has 10 heavy (non-hydrogen) atoms. The maximum atomic E-state index is 5.67. The summed E-state index contributed by atoms with van der Waals surface area (Å²) in [6.07, 6.45) is 6.53. The van der Waals surface area contributed by atoms with E-state index in [4.69, 9.17) is 11.5 Å². The second kappa shape index (κ2) is 3.35. The number of rotatable bonds is 2. The Kier molecular flexibility index (Phi) is 2.69. The van der Waals surface area contributed by atoms with Crippen molar-refractivity contribution < 1.29 is 0 Å². The standard InChI is InChI=1S/C8H18N2/c9-6-8(7-10)4-2-1-3-5-8/h1-7,9-10H2. The summed E-state index contributed by atoms with van der Waals surface area (Å²) in [7, 11) is 0. The molecule has 1 rings (SSSR count). The van der Waals surface area contributed by atoms with Crippen LogP contribution in [0.3, 0.4) is 0 Å². The molecular weight excluding hydrogens is 124 g/mol. The summed E-state index contributed by atoms with van der Waals surface area (Å²) in [4.78, 5) is 0. The van der Waals surface area contributed by atoms with Crippen molar-refractivity contribution in [3.05, 3.63) is 0 Å². The molecule has 0 atom stereocenters. The van der Waals surface area contributed by atoms with Crippen LogP contribution in [0.1, 0.15) is 32.1 Å². The van der Waals surface area contributed by atoms with Crippen LogP contribution < -0.4 is 11.5 Å². The zero-order valence-corrected chi connectivity index (χ0v) is 6.60. The van der Waals surface area contributed by atoms with Crippen molar-refractivity contribution in [2.75, 3.05) is 13.1 Å². The van der Waals surface area contributed by atoms with E-state index in [0.29, 0.717) is 5.41 Å². The van der Waals surface area contributed by atoms with Gasteiger partial charge in [0.1, 0.15) is 0 Å². The van der Waals surface area contributed by atoms with Crippen molar-refractivity contribution in [2.24, 2.45) is 16.9 Å². The summed E-state index contributed by atoms with van der Waals surface area (Å²) >= 11 is 0. The summed E-state index contributed by atoms with van der Waals surface area (Å²) in [5.41, 5.74) is 11.7. The Bertz CT molecular complexity index is 89.4. The maximum Gasteiger partial charge on any atom is -0.000844 e. The van der Waals surface area contributed by atoms with Gasteiger partial charge in [-0.2, -0.15) is 0 Å². The molecule has 0 radical (unpaired) electrons. The van der Waals surface area contributed by atoms with Crippen molar-refractivity contribution in [3.8, 4) is 0 Å². The van der Waals surface area contributed by atoms with Gasteiger partial charge in [-0.3, -0.25) is 0 Å². The van der Waals surface area contributed by atoms with E-state index in [-0.39, 0.29) is 0 Å². The average molecular weight is 142 g/mol. The molecule has 60 valence electrons. The highest BCUT2D eigenvalue weighted by Gasteiger charge is 2.28. The molecule has 1 aliphatic rings. The monoisotopic (exact) mass is 142 g/mol. The molecule has 2 heteroatoms. The predicted octanol–water partition coefficient (Wildman–Crippen LogP) is 0.854. The maximum absolute atomic E-state index is 5.67. The van der Waals surface area contributed by atoms with E-state index in [0.717, 1.165) is 13.1 Å². The second-order valence-electron chi connectivity index (χ2n) is 3.47. The second-order valence-corrected chi connectivity index (χ2v) is 3.47. The lowest BCUT2D eigenvalue weighted by Crippen LogP contribution is -2.39. The van der Waals surface area contributed by atoms with Crippen LogP contribution in [0.4, 0.5) is 0 Å². The van der Waals surface area contributed by atoms with Gasteiger partial charge >= 0.3 is 0 Å². The molecule has 0 unspecified atom stereocenters. The minimum atomic E-state index is 0.318. The van der Waals surface area contributed by atoms with Gasteiger partial charge in [0.05, 0.1) is 0 Å². The van der Waals surface area contributed by atoms with Crippen molar-refractivity contribution in [3.63, 3.8) is 0 Å². The van der Waals surface area contributed by atoms with Crippen LogP contribution in [0.25, 0.3) is 0 Å². The Morgan fingerprint density at radius 2 is 1.40 bits per heavy atom. The number of hydrogen-bond acceptors (Lipinski definition) is 2. The fourth-order valence-electron chi connectivity index (χ4n) is 1.79. The Hall–Kier alpha value is -0.0800. The first-order valence-electron chi connectivity index (χ1n) is 4.23. The third-order valence-electron chi connectivity index (χ3n) is 2.78. The summed E-state index contributed by atoms with van der Waals surface area (Å²) < 4.78 is 0. The van der Waals surface area contributed by atoms with Gasteiger partial charge in [0, 0.05) is 0 Å². The summed E-state index contributed by atoms with van der Waals surface area (Å²) in [6, 6.07) is 0.